The Kier molecular flexibility index (Phi) is 2.96. The van der Waals surface area contributed by atoms with Gasteiger partial charge in [-0.25, -0.2) is 0 Å². The van der Waals surface area contributed by atoms with Gasteiger partial charge in [-0.05, 0) is 36.1 Å². The first-order chi connectivity index (χ1) is 7.20. The zero-order chi connectivity index (χ0) is 10.8. The van der Waals surface area contributed by atoms with Gasteiger partial charge in [0, 0.05) is 17.9 Å². The lowest BCUT2D eigenvalue weighted by Crippen LogP contribution is -1.98. The Morgan fingerprint density at radius 3 is 2.87 bits per heavy atom. The van der Waals surface area contributed by atoms with Gasteiger partial charge in [0.2, 0.25) is 0 Å². The van der Waals surface area contributed by atoms with E-state index in [1.807, 2.05) is 12.1 Å². The van der Waals surface area contributed by atoms with Crippen molar-refractivity contribution < 1.29 is 9.53 Å². The quantitative estimate of drug-likeness (QED) is 0.771. The van der Waals surface area contributed by atoms with Gasteiger partial charge in [-0.15, -0.1) is 0 Å². The molecular formula is C12H13ClO2. The van der Waals surface area contributed by atoms with Crippen LogP contribution >= 0.6 is 11.6 Å². The molecule has 80 valence electrons. The number of carbonyl (C=O) groups excluding carboxylic acids is 1. The number of rotatable bonds is 2. The molecule has 0 spiro atoms. The van der Waals surface area contributed by atoms with E-state index in [4.69, 9.17) is 16.3 Å². The van der Waals surface area contributed by atoms with E-state index in [0.717, 1.165) is 17.7 Å². The highest BCUT2D eigenvalue weighted by atomic mass is 35.5. The average Bonchev–Trinajstić information content (AvgIpc) is 2.65. The van der Waals surface area contributed by atoms with Gasteiger partial charge < -0.3 is 4.74 Å². The van der Waals surface area contributed by atoms with Crippen LogP contribution in [0.4, 0.5) is 0 Å². The number of benzene rings is 1. The Labute approximate surface area is 94.2 Å². The highest BCUT2D eigenvalue weighted by Crippen LogP contribution is 2.38. The van der Waals surface area contributed by atoms with Crippen LogP contribution in [0.15, 0.2) is 18.2 Å². The van der Waals surface area contributed by atoms with Crippen LogP contribution in [0.3, 0.4) is 0 Å². The summed E-state index contributed by atoms with van der Waals surface area (Å²) in [6.07, 6.45) is 2.21. The Bertz CT molecular complexity index is 387. The zero-order valence-corrected chi connectivity index (χ0v) is 9.38. The van der Waals surface area contributed by atoms with Crippen molar-refractivity contribution in [2.24, 2.45) is 0 Å². The highest BCUT2D eigenvalue weighted by Gasteiger charge is 2.26. The van der Waals surface area contributed by atoms with E-state index in [2.05, 4.69) is 0 Å². The predicted molar refractivity (Wildman–Crippen MR) is 59.6 cm³/mol. The summed E-state index contributed by atoms with van der Waals surface area (Å²) in [7, 11) is 1.64. The molecule has 0 N–H and O–H groups in total. The second-order valence-corrected chi connectivity index (χ2v) is 4.30. The third kappa shape index (κ3) is 2.15. The van der Waals surface area contributed by atoms with Crippen molar-refractivity contribution in [3.8, 4) is 5.75 Å². The molecular weight excluding hydrogens is 212 g/mol. The van der Waals surface area contributed by atoms with Gasteiger partial charge >= 0.3 is 0 Å². The molecule has 1 aromatic rings. The Hall–Kier alpha value is -1.02. The predicted octanol–water partition coefficient (Wildman–Crippen LogP) is 3.19. The van der Waals surface area contributed by atoms with Crippen molar-refractivity contribution in [3.05, 3.63) is 28.8 Å². The zero-order valence-electron chi connectivity index (χ0n) is 8.63. The van der Waals surface area contributed by atoms with Crippen molar-refractivity contribution in [1.29, 1.82) is 0 Å². The van der Waals surface area contributed by atoms with E-state index in [9.17, 15) is 4.79 Å². The summed E-state index contributed by atoms with van der Waals surface area (Å²) in [4.78, 5) is 11.2. The van der Waals surface area contributed by atoms with Crippen LogP contribution in [-0.4, -0.2) is 12.9 Å². The standard InChI is InChI=1S/C12H13ClO2/c1-15-12-5-3-9(13)7-11(12)8-2-4-10(14)6-8/h3,5,7-8H,2,4,6H2,1H3. The molecule has 1 aliphatic carbocycles. The fraction of sp³-hybridized carbons (Fsp3) is 0.417. The maximum atomic E-state index is 11.2. The van der Waals surface area contributed by atoms with Gasteiger partial charge in [0.25, 0.3) is 0 Å². The number of methoxy groups -OCH3 is 1. The van der Waals surface area contributed by atoms with Gasteiger partial charge in [-0.1, -0.05) is 11.6 Å². The maximum absolute atomic E-state index is 11.2. The third-order valence-electron chi connectivity index (χ3n) is 2.88. The van der Waals surface area contributed by atoms with Crippen LogP contribution in [0.2, 0.25) is 5.02 Å². The van der Waals surface area contributed by atoms with Crippen molar-refractivity contribution in [2.45, 2.75) is 25.2 Å². The summed E-state index contributed by atoms with van der Waals surface area (Å²) >= 11 is 5.95. The molecule has 1 saturated carbocycles. The summed E-state index contributed by atoms with van der Waals surface area (Å²) in [5.41, 5.74) is 1.07. The molecule has 0 radical (unpaired) electrons. The summed E-state index contributed by atoms with van der Waals surface area (Å²) in [6, 6.07) is 5.57. The molecule has 3 heteroatoms. The number of halogens is 1. The monoisotopic (exact) mass is 224 g/mol. The molecule has 2 nitrogen and oxygen atoms in total. The van der Waals surface area contributed by atoms with Crippen LogP contribution < -0.4 is 4.74 Å². The highest BCUT2D eigenvalue weighted by molar-refractivity contribution is 6.30. The first-order valence-electron chi connectivity index (χ1n) is 5.06. The molecule has 0 aliphatic heterocycles. The SMILES string of the molecule is COc1ccc(Cl)cc1C1CCC(=O)C1. The van der Waals surface area contributed by atoms with Crippen LogP contribution in [0.25, 0.3) is 0 Å². The minimum Gasteiger partial charge on any atom is -0.496 e. The molecule has 1 unspecified atom stereocenters. The Balaban J connectivity index is 2.33. The summed E-state index contributed by atoms with van der Waals surface area (Å²) in [5.74, 6) is 1.45. The molecule has 1 aliphatic rings. The third-order valence-corrected chi connectivity index (χ3v) is 3.11. The molecule has 15 heavy (non-hydrogen) atoms. The number of Topliss-reactive ketones (excluding diaryl/α,β-unsaturated/α-hetero) is 1. The topological polar surface area (TPSA) is 26.3 Å². The number of ether oxygens (including phenoxy) is 1. The number of hydrogen-bond donors (Lipinski definition) is 0. The van der Waals surface area contributed by atoms with Crippen LogP contribution in [0, 0.1) is 0 Å². The summed E-state index contributed by atoms with van der Waals surface area (Å²) < 4.78 is 5.28. The normalized spacial score (nSPS) is 20.7. The maximum Gasteiger partial charge on any atom is 0.133 e. The number of hydrogen-bond acceptors (Lipinski definition) is 2. The lowest BCUT2D eigenvalue weighted by Gasteiger charge is -2.13. The van der Waals surface area contributed by atoms with Gasteiger partial charge in [0.15, 0.2) is 0 Å². The van der Waals surface area contributed by atoms with Gasteiger partial charge in [0.05, 0.1) is 7.11 Å². The first-order valence-corrected chi connectivity index (χ1v) is 5.43. The second-order valence-electron chi connectivity index (χ2n) is 3.86. The molecule has 0 amide bonds. The number of ketones is 1. The van der Waals surface area contributed by atoms with E-state index in [0.29, 0.717) is 23.6 Å². The molecule has 2 rings (SSSR count). The van der Waals surface area contributed by atoms with Gasteiger partial charge in [-0.2, -0.15) is 0 Å². The molecule has 1 atom stereocenters. The molecule has 1 aromatic carbocycles. The number of carbonyl (C=O) groups is 1. The molecule has 0 saturated heterocycles. The Morgan fingerprint density at radius 2 is 2.27 bits per heavy atom. The lowest BCUT2D eigenvalue weighted by molar-refractivity contribution is -0.117. The van der Waals surface area contributed by atoms with Crippen LogP contribution in [-0.2, 0) is 4.79 Å². The first kappa shape index (κ1) is 10.5. The van der Waals surface area contributed by atoms with Gasteiger partial charge in [-0.3, -0.25) is 4.79 Å². The van der Waals surface area contributed by atoms with Crippen LogP contribution in [0.1, 0.15) is 30.7 Å². The van der Waals surface area contributed by atoms with Gasteiger partial charge in [0.1, 0.15) is 11.5 Å². The fourth-order valence-corrected chi connectivity index (χ4v) is 2.28. The smallest absolute Gasteiger partial charge is 0.133 e. The molecule has 0 aromatic heterocycles. The minimum atomic E-state index is 0.283. The lowest BCUT2D eigenvalue weighted by atomic mass is 9.97. The largest absolute Gasteiger partial charge is 0.496 e. The van der Waals surface area contributed by atoms with Crippen molar-refractivity contribution in [3.63, 3.8) is 0 Å². The molecule has 1 fully saturated rings. The second kappa shape index (κ2) is 4.23. The minimum absolute atomic E-state index is 0.283. The van der Waals surface area contributed by atoms with E-state index < -0.39 is 0 Å². The van der Waals surface area contributed by atoms with Crippen molar-refractivity contribution in [2.75, 3.05) is 7.11 Å². The summed E-state index contributed by atoms with van der Waals surface area (Å²) in [5, 5.41) is 0.699. The Morgan fingerprint density at radius 1 is 1.47 bits per heavy atom. The average molecular weight is 225 g/mol. The van der Waals surface area contributed by atoms with E-state index >= 15 is 0 Å². The van der Waals surface area contributed by atoms with E-state index in [-0.39, 0.29) is 5.92 Å². The van der Waals surface area contributed by atoms with Crippen LogP contribution in [0.5, 0.6) is 5.75 Å². The summed E-state index contributed by atoms with van der Waals surface area (Å²) in [6.45, 7) is 0. The fourth-order valence-electron chi connectivity index (χ4n) is 2.10. The van der Waals surface area contributed by atoms with Crippen molar-refractivity contribution in [1.82, 2.24) is 0 Å². The van der Waals surface area contributed by atoms with E-state index in [1.165, 1.54) is 0 Å². The van der Waals surface area contributed by atoms with Crippen molar-refractivity contribution >= 4 is 17.4 Å². The van der Waals surface area contributed by atoms with E-state index in [1.54, 1.807) is 13.2 Å². The molecule has 0 heterocycles. The molecule has 0 bridgehead atoms.